The van der Waals surface area contributed by atoms with Gasteiger partial charge in [0.05, 0.1) is 0 Å². The normalized spacial score (nSPS) is 15.4. The van der Waals surface area contributed by atoms with Gasteiger partial charge in [0, 0.05) is 28.6 Å². The summed E-state index contributed by atoms with van der Waals surface area (Å²) in [7, 11) is 0. The van der Waals surface area contributed by atoms with Crippen LogP contribution in [-0.2, 0) is 16.0 Å². The lowest BCUT2D eigenvalue weighted by atomic mass is 10.1. The molecule has 4 amide bonds. The largest absolute Gasteiger partial charge is 0.331 e. The summed E-state index contributed by atoms with van der Waals surface area (Å²) < 4.78 is 2.02. The van der Waals surface area contributed by atoms with Gasteiger partial charge in [0.1, 0.15) is 5.57 Å². The Kier molecular flexibility index (Phi) is 5.97. The maximum atomic E-state index is 13.0. The number of halogens is 1. The van der Waals surface area contributed by atoms with Crippen molar-refractivity contribution in [1.82, 2.24) is 14.8 Å². The molecule has 1 aliphatic rings. The number of imide groups is 2. The van der Waals surface area contributed by atoms with E-state index in [1.807, 2.05) is 79.1 Å². The van der Waals surface area contributed by atoms with E-state index in [4.69, 9.17) is 11.6 Å². The molecule has 0 atom stereocenters. The van der Waals surface area contributed by atoms with Crippen LogP contribution in [0, 0.1) is 13.8 Å². The first-order valence-corrected chi connectivity index (χ1v) is 10.6. The Labute approximate surface area is 191 Å². The highest BCUT2D eigenvalue weighted by molar-refractivity contribution is 6.31. The van der Waals surface area contributed by atoms with Crippen molar-refractivity contribution in [2.75, 3.05) is 6.54 Å². The summed E-state index contributed by atoms with van der Waals surface area (Å²) in [5.74, 6) is -1.28. The topological polar surface area (TPSA) is 71.4 Å². The molecule has 1 fully saturated rings. The van der Waals surface area contributed by atoms with Gasteiger partial charge in [-0.3, -0.25) is 19.8 Å². The van der Waals surface area contributed by atoms with Gasteiger partial charge < -0.3 is 4.57 Å². The molecule has 1 N–H and O–H groups in total. The number of aryl methyl sites for hydroxylation is 1. The summed E-state index contributed by atoms with van der Waals surface area (Å²) in [5.41, 5.74) is 4.40. The summed E-state index contributed by atoms with van der Waals surface area (Å²) in [6.45, 7) is 4.04. The van der Waals surface area contributed by atoms with E-state index in [2.05, 4.69) is 5.32 Å². The first-order chi connectivity index (χ1) is 15.3. The van der Waals surface area contributed by atoms with Gasteiger partial charge in [0.25, 0.3) is 11.8 Å². The fraction of sp³-hybridized carbons (Fsp3) is 0.160. The van der Waals surface area contributed by atoms with Gasteiger partial charge in [0.15, 0.2) is 0 Å². The number of barbiturate groups is 1. The van der Waals surface area contributed by atoms with Crippen LogP contribution in [0.4, 0.5) is 4.79 Å². The Balaban J connectivity index is 1.63. The molecule has 1 aromatic heterocycles. The molecule has 1 saturated heterocycles. The molecule has 0 spiro atoms. The number of nitrogens with one attached hydrogen (secondary N) is 1. The highest BCUT2D eigenvalue weighted by Crippen LogP contribution is 2.25. The van der Waals surface area contributed by atoms with Gasteiger partial charge in [-0.15, -0.1) is 0 Å². The minimum Gasteiger partial charge on any atom is -0.318 e. The average Bonchev–Trinajstić information content (AvgIpc) is 3.05. The third-order valence-electron chi connectivity index (χ3n) is 5.51. The summed E-state index contributed by atoms with van der Waals surface area (Å²) in [4.78, 5) is 38.9. The van der Waals surface area contributed by atoms with Crippen molar-refractivity contribution in [1.29, 1.82) is 0 Å². The zero-order chi connectivity index (χ0) is 22.8. The number of carbonyl (C=O) groups is 3. The molecule has 0 saturated carbocycles. The van der Waals surface area contributed by atoms with E-state index < -0.39 is 17.8 Å². The lowest BCUT2D eigenvalue weighted by molar-refractivity contribution is -0.130. The summed E-state index contributed by atoms with van der Waals surface area (Å²) in [6, 6.07) is 18.2. The molecule has 0 bridgehead atoms. The number of rotatable bonds is 5. The lowest BCUT2D eigenvalue weighted by Crippen LogP contribution is -2.54. The van der Waals surface area contributed by atoms with E-state index in [-0.39, 0.29) is 12.1 Å². The third kappa shape index (κ3) is 4.22. The first kappa shape index (κ1) is 21.6. The van der Waals surface area contributed by atoms with Crippen LogP contribution in [0.2, 0.25) is 5.02 Å². The Morgan fingerprint density at radius 1 is 0.969 bits per heavy atom. The fourth-order valence-electron chi connectivity index (χ4n) is 3.86. The van der Waals surface area contributed by atoms with Gasteiger partial charge in [-0.05, 0) is 67.8 Å². The zero-order valence-corrected chi connectivity index (χ0v) is 18.5. The van der Waals surface area contributed by atoms with Gasteiger partial charge in [-0.25, -0.2) is 4.79 Å². The minimum atomic E-state index is -0.695. The highest BCUT2D eigenvalue weighted by Gasteiger charge is 2.35. The van der Waals surface area contributed by atoms with Crippen molar-refractivity contribution in [3.8, 4) is 5.69 Å². The van der Waals surface area contributed by atoms with Crippen LogP contribution in [-0.4, -0.2) is 33.9 Å². The molecule has 0 unspecified atom stereocenters. The van der Waals surface area contributed by atoms with Crippen molar-refractivity contribution in [3.05, 3.63) is 93.8 Å². The van der Waals surface area contributed by atoms with Gasteiger partial charge in [-0.2, -0.15) is 0 Å². The van der Waals surface area contributed by atoms with Crippen molar-refractivity contribution < 1.29 is 14.4 Å². The molecule has 1 aliphatic heterocycles. The fourth-order valence-corrected chi connectivity index (χ4v) is 3.99. The summed E-state index contributed by atoms with van der Waals surface area (Å²) in [5, 5.41) is 2.92. The van der Waals surface area contributed by atoms with E-state index in [0.717, 1.165) is 33.1 Å². The number of amides is 4. The second-order valence-corrected chi connectivity index (χ2v) is 8.08. The van der Waals surface area contributed by atoms with Gasteiger partial charge in [0.2, 0.25) is 0 Å². The maximum Gasteiger partial charge on any atom is 0.331 e. The van der Waals surface area contributed by atoms with Crippen LogP contribution in [0.1, 0.15) is 22.5 Å². The molecule has 162 valence electrons. The molecule has 2 heterocycles. The molecule has 7 heteroatoms. The quantitative estimate of drug-likeness (QED) is 0.464. The van der Waals surface area contributed by atoms with Crippen molar-refractivity contribution in [3.63, 3.8) is 0 Å². The van der Waals surface area contributed by atoms with E-state index in [1.165, 1.54) is 0 Å². The lowest BCUT2D eigenvalue weighted by Gasteiger charge is -2.26. The number of urea groups is 1. The van der Waals surface area contributed by atoms with Crippen LogP contribution in [0.15, 0.2) is 66.2 Å². The second kappa shape index (κ2) is 8.85. The molecule has 32 heavy (non-hydrogen) atoms. The summed E-state index contributed by atoms with van der Waals surface area (Å²) in [6.07, 6.45) is 2.06. The number of hydrogen-bond acceptors (Lipinski definition) is 3. The predicted molar refractivity (Wildman–Crippen MR) is 124 cm³/mol. The van der Waals surface area contributed by atoms with Crippen LogP contribution in [0.25, 0.3) is 11.8 Å². The van der Waals surface area contributed by atoms with E-state index in [9.17, 15) is 14.4 Å². The highest BCUT2D eigenvalue weighted by atomic mass is 35.5. The Bertz CT molecular complexity index is 1230. The molecule has 6 nitrogen and oxygen atoms in total. The van der Waals surface area contributed by atoms with Crippen LogP contribution in [0.5, 0.6) is 0 Å². The minimum absolute atomic E-state index is 0.0611. The van der Waals surface area contributed by atoms with Crippen LogP contribution in [0.3, 0.4) is 0 Å². The van der Waals surface area contributed by atoms with E-state index >= 15 is 0 Å². The monoisotopic (exact) mass is 447 g/mol. The number of aromatic nitrogens is 1. The van der Waals surface area contributed by atoms with Gasteiger partial charge in [-0.1, -0.05) is 41.9 Å². The molecular weight excluding hydrogens is 426 g/mol. The average molecular weight is 448 g/mol. The zero-order valence-electron chi connectivity index (χ0n) is 17.8. The van der Waals surface area contributed by atoms with Crippen molar-refractivity contribution in [2.45, 2.75) is 20.3 Å². The van der Waals surface area contributed by atoms with Crippen molar-refractivity contribution >= 4 is 35.5 Å². The van der Waals surface area contributed by atoms with E-state index in [1.54, 1.807) is 6.08 Å². The number of hydrogen-bond donors (Lipinski definition) is 1. The summed E-state index contributed by atoms with van der Waals surface area (Å²) >= 11 is 6.00. The van der Waals surface area contributed by atoms with Crippen LogP contribution < -0.4 is 5.32 Å². The predicted octanol–water partition coefficient (Wildman–Crippen LogP) is 4.45. The SMILES string of the molecule is Cc1cc(C=C2C(=O)NC(=O)N(CCc3ccccc3)C2=O)c(C)n1-c1ccc(Cl)cc1. The number of benzene rings is 2. The number of nitrogens with zero attached hydrogens (tertiary/aromatic N) is 2. The Morgan fingerprint density at radius 2 is 1.66 bits per heavy atom. The van der Waals surface area contributed by atoms with Crippen LogP contribution >= 0.6 is 11.6 Å². The maximum absolute atomic E-state index is 13.0. The standard InChI is InChI=1S/C25H22ClN3O3/c1-16-14-19(17(2)29(16)21-10-8-20(26)9-11-21)15-22-23(30)27-25(32)28(24(22)31)13-12-18-6-4-3-5-7-18/h3-11,14-15H,12-13H2,1-2H3,(H,27,30,32). The molecule has 3 aromatic rings. The Hall–Kier alpha value is -3.64. The smallest absolute Gasteiger partial charge is 0.318 e. The number of carbonyl (C=O) groups excluding carboxylic acids is 3. The van der Waals surface area contributed by atoms with E-state index in [0.29, 0.717) is 11.4 Å². The van der Waals surface area contributed by atoms with Crippen molar-refractivity contribution in [2.24, 2.45) is 0 Å². The molecule has 2 aromatic carbocycles. The molecule has 4 rings (SSSR count). The molecule has 0 radical (unpaired) electrons. The molecule has 0 aliphatic carbocycles. The third-order valence-corrected chi connectivity index (χ3v) is 5.76. The van der Waals surface area contributed by atoms with Gasteiger partial charge >= 0.3 is 6.03 Å². The second-order valence-electron chi connectivity index (χ2n) is 7.65. The Morgan fingerprint density at radius 3 is 2.34 bits per heavy atom. The first-order valence-electron chi connectivity index (χ1n) is 10.2. The molecular formula is C25H22ClN3O3.